The summed E-state index contributed by atoms with van der Waals surface area (Å²) in [5.74, 6) is 1.73. The van der Waals surface area contributed by atoms with Crippen LogP contribution in [0.4, 0.5) is 0 Å². The lowest BCUT2D eigenvalue weighted by atomic mass is 10.1. The molecular weight excluding hydrogens is 419 g/mol. The first kappa shape index (κ1) is 19.5. The van der Waals surface area contributed by atoms with Crippen molar-refractivity contribution in [2.45, 2.75) is 13.0 Å². The molecule has 2 aliphatic heterocycles. The first-order valence-electron chi connectivity index (χ1n) is 8.58. The molecule has 0 spiro atoms. The summed E-state index contributed by atoms with van der Waals surface area (Å²) in [6.07, 6.45) is 5.01. The number of nitrogens with zero attached hydrogens (tertiary/aromatic N) is 5. The molecule has 8 heteroatoms. The highest BCUT2D eigenvalue weighted by Crippen LogP contribution is 2.15. The molecular formula is C16H29IN6O. The second-order valence-electron chi connectivity index (χ2n) is 6.26. The van der Waals surface area contributed by atoms with Gasteiger partial charge < -0.3 is 15.0 Å². The average molecular weight is 448 g/mol. The zero-order valence-corrected chi connectivity index (χ0v) is 16.8. The van der Waals surface area contributed by atoms with Crippen LogP contribution >= 0.6 is 24.0 Å². The summed E-state index contributed by atoms with van der Waals surface area (Å²) in [6, 6.07) is 1.95. The molecule has 24 heavy (non-hydrogen) atoms. The fourth-order valence-corrected chi connectivity index (χ4v) is 3.28. The Morgan fingerprint density at radius 1 is 1.33 bits per heavy atom. The normalized spacial score (nSPS) is 22.5. The van der Waals surface area contributed by atoms with Crippen LogP contribution in [0.2, 0.25) is 0 Å². The van der Waals surface area contributed by atoms with E-state index in [1.54, 1.807) is 0 Å². The van der Waals surface area contributed by atoms with Gasteiger partial charge in [-0.25, -0.2) is 0 Å². The van der Waals surface area contributed by atoms with Gasteiger partial charge in [0, 0.05) is 65.3 Å². The number of piperazine rings is 1. The number of ether oxygens (including phenoxy) is 1. The molecule has 0 aromatic carbocycles. The minimum atomic E-state index is 0. The summed E-state index contributed by atoms with van der Waals surface area (Å²) in [5, 5.41) is 7.66. The van der Waals surface area contributed by atoms with Crippen LogP contribution in [-0.4, -0.2) is 85.1 Å². The van der Waals surface area contributed by atoms with Gasteiger partial charge in [-0.2, -0.15) is 5.10 Å². The number of guanidine groups is 1. The van der Waals surface area contributed by atoms with Gasteiger partial charge in [-0.15, -0.1) is 24.0 Å². The molecule has 2 fully saturated rings. The van der Waals surface area contributed by atoms with Gasteiger partial charge >= 0.3 is 0 Å². The highest BCUT2D eigenvalue weighted by molar-refractivity contribution is 14.0. The molecule has 1 unspecified atom stereocenters. The van der Waals surface area contributed by atoms with E-state index in [0.29, 0.717) is 0 Å². The predicted molar refractivity (Wildman–Crippen MR) is 106 cm³/mol. The van der Waals surface area contributed by atoms with E-state index in [2.05, 4.69) is 25.2 Å². The molecule has 1 N–H and O–H groups in total. The summed E-state index contributed by atoms with van der Waals surface area (Å²) in [5.41, 5.74) is 0. The van der Waals surface area contributed by atoms with Gasteiger partial charge in [0.15, 0.2) is 5.96 Å². The fourth-order valence-electron chi connectivity index (χ4n) is 3.28. The Morgan fingerprint density at radius 3 is 2.79 bits per heavy atom. The van der Waals surface area contributed by atoms with E-state index in [0.717, 1.165) is 64.4 Å². The van der Waals surface area contributed by atoms with Crippen molar-refractivity contribution >= 4 is 29.9 Å². The molecule has 7 nitrogen and oxygen atoms in total. The number of nitrogens with one attached hydrogen (secondary N) is 1. The third kappa shape index (κ3) is 5.59. The number of rotatable bonds is 5. The Kier molecular flexibility index (Phi) is 8.26. The van der Waals surface area contributed by atoms with Crippen LogP contribution in [0, 0.1) is 5.92 Å². The highest BCUT2D eigenvalue weighted by atomic mass is 127. The Balaban J connectivity index is 0.00000208. The topological polar surface area (TPSA) is 57.9 Å². The zero-order chi connectivity index (χ0) is 15.9. The maximum atomic E-state index is 5.48. The van der Waals surface area contributed by atoms with Crippen molar-refractivity contribution in [1.29, 1.82) is 0 Å². The van der Waals surface area contributed by atoms with Crippen LogP contribution in [0.15, 0.2) is 23.5 Å². The van der Waals surface area contributed by atoms with Gasteiger partial charge in [-0.3, -0.25) is 14.6 Å². The molecule has 0 amide bonds. The summed E-state index contributed by atoms with van der Waals surface area (Å²) in [4.78, 5) is 9.34. The molecule has 1 aromatic rings. The number of hydrogen-bond acceptors (Lipinski definition) is 4. The molecule has 1 aromatic heterocycles. The Bertz CT molecular complexity index is 481. The van der Waals surface area contributed by atoms with Crippen LogP contribution < -0.4 is 5.32 Å². The number of halogens is 1. The lowest BCUT2D eigenvalue weighted by molar-refractivity contribution is 0.139. The predicted octanol–water partition coefficient (Wildman–Crippen LogP) is 0.731. The molecule has 0 aliphatic carbocycles. The van der Waals surface area contributed by atoms with Gasteiger partial charge in [0.25, 0.3) is 0 Å². The van der Waals surface area contributed by atoms with Crippen molar-refractivity contribution in [3.63, 3.8) is 0 Å². The maximum absolute atomic E-state index is 5.48. The van der Waals surface area contributed by atoms with Crippen LogP contribution in [0.25, 0.3) is 0 Å². The second-order valence-corrected chi connectivity index (χ2v) is 6.26. The molecule has 0 saturated carbocycles. The first-order valence-corrected chi connectivity index (χ1v) is 8.58. The van der Waals surface area contributed by atoms with Crippen molar-refractivity contribution in [2.24, 2.45) is 10.9 Å². The molecule has 0 radical (unpaired) electrons. The van der Waals surface area contributed by atoms with Crippen LogP contribution in [-0.2, 0) is 11.3 Å². The van der Waals surface area contributed by atoms with E-state index in [-0.39, 0.29) is 24.0 Å². The van der Waals surface area contributed by atoms with Crippen molar-refractivity contribution in [2.75, 3.05) is 59.5 Å². The average Bonchev–Trinajstić information content (AvgIpc) is 3.26. The summed E-state index contributed by atoms with van der Waals surface area (Å²) >= 11 is 0. The third-order valence-electron chi connectivity index (χ3n) is 4.61. The van der Waals surface area contributed by atoms with Gasteiger partial charge in [-0.05, 0) is 18.4 Å². The van der Waals surface area contributed by atoms with E-state index in [4.69, 9.17) is 4.74 Å². The minimum absolute atomic E-state index is 0. The second kappa shape index (κ2) is 10.2. The Morgan fingerprint density at radius 2 is 2.17 bits per heavy atom. The standard InChI is InChI=1S/C16H28N6O.HI/c1-17-16(18-5-7-22-6-2-4-19-22)21-10-8-20(9-11-21)13-15-3-12-23-14-15;/h2,4,6,15H,3,5,7-14H2,1H3,(H,17,18);1H. The van der Waals surface area contributed by atoms with E-state index < -0.39 is 0 Å². The lowest BCUT2D eigenvalue weighted by Gasteiger charge is -2.37. The smallest absolute Gasteiger partial charge is 0.193 e. The number of hydrogen-bond donors (Lipinski definition) is 1. The van der Waals surface area contributed by atoms with Crippen molar-refractivity contribution < 1.29 is 4.74 Å². The molecule has 136 valence electrons. The Labute approximate surface area is 161 Å². The molecule has 2 saturated heterocycles. The van der Waals surface area contributed by atoms with E-state index in [9.17, 15) is 0 Å². The first-order chi connectivity index (χ1) is 11.3. The lowest BCUT2D eigenvalue weighted by Crippen LogP contribution is -2.53. The molecule has 0 bridgehead atoms. The zero-order valence-electron chi connectivity index (χ0n) is 14.4. The van der Waals surface area contributed by atoms with Crippen molar-refractivity contribution in [1.82, 2.24) is 24.9 Å². The largest absolute Gasteiger partial charge is 0.381 e. The third-order valence-corrected chi connectivity index (χ3v) is 4.61. The van der Waals surface area contributed by atoms with Crippen molar-refractivity contribution in [3.05, 3.63) is 18.5 Å². The minimum Gasteiger partial charge on any atom is -0.381 e. The highest BCUT2D eigenvalue weighted by Gasteiger charge is 2.23. The van der Waals surface area contributed by atoms with Crippen LogP contribution in [0.1, 0.15) is 6.42 Å². The fraction of sp³-hybridized carbons (Fsp3) is 0.750. The summed E-state index contributed by atoms with van der Waals surface area (Å²) in [6.45, 7) is 9.05. The van der Waals surface area contributed by atoms with E-state index in [1.807, 2.05) is 30.2 Å². The van der Waals surface area contributed by atoms with E-state index in [1.165, 1.54) is 13.0 Å². The van der Waals surface area contributed by atoms with Gasteiger partial charge in [0.2, 0.25) is 0 Å². The van der Waals surface area contributed by atoms with Crippen LogP contribution in [0.5, 0.6) is 0 Å². The molecule has 3 rings (SSSR count). The summed E-state index contributed by atoms with van der Waals surface area (Å²) in [7, 11) is 1.86. The summed E-state index contributed by atoms with van der Waals surface area (Å²) < 4.78 is 7.41. The molecule has 2 aliphatic rings. The van der Waals surface area contributed by atoms with Gasteiger partial charge in [0.1, 0.15) is 0 Å². The monoisotopic (exact) mass is 448 g/mol. The Hall–Kier alpha value is -0.870. The van der Waals surface area contributed by atoms with Crippen molar-refractivity contribution in [3.8, 4) is 0 Å². The SMILES string of the molecule is CN=C(NCCn1cccn1)N1CCN(CC2CCOC2)CC1.I. The van der Waals surface area contributed by atoms with Gasteiger partial charge in [-0.1, -0.05) is 0 Å². The van der Waals surface area contributed by atoms with Crippen LogP contribution in [0.3, 0.4) is 0 Å². The molecule has 3 heterocycles. The number of aromatic nitrogens is 2. The number of aliphatic imine (C=N–C) groups is 1. The van der Waals surface area contributed by atoms with E-state index >= 15 is 0 Å². The maximum Gasteiger partial charge on any atom is 0.193 e. The molecule has 1 atom stereocenters. The van der Waals surface area contributed by atoms with Gasteiger partial charge in [0.05, 0.1) is 13.2 Å². The quantitative estimate of drug-likeness (QED) is 0.409.